The average molecular weight is 453 g/mol. The summed E-state index contributed by atoms with van der Waals surface area (Å²) in [5.74, 6) is 0.168. The highest BCUT2D eigenvalue weighted by Crippen LogP contribution is 2.42. The molecule has 2 heterocycles. The number of amides is 1. The fraction of sp³-hybridized carbons (Fsp3) is 0.360. The van der Waals surface area contributed by atoms with Gasteiger partial charge in [-0.3, -0.25) is 9.59 Å². The van der Waals surface area contributed by atoms with Crippen LogP contribution in [-0.4, -0.2) is 62.8 Å². The minimum Gasteiger partial charge on any atom is -0.507 e. The van der Waals surface area contributed by atoms with Crippen molar-refractivity contribution in [3.05, 3.63) is 58.7 Å². The van der Waals surface area contributed by atoms with Crippen LogP contribution < -0.4 is 14.2 Å². The van der Waals surface area contributed by atoms with E-state index in [-0.39, 0.29) is 11.3 Å². The first-order chi connectivity index (χ1) is 16.0. The standard InChI is InChI=1S/C25H27NO7/c1-30-11-4-10-26-22(16-5-8-19(31-2)20(14-16)32-3)21(24(28)25(26)29)23(27)17-6-7-18-15(13-17)9-12-33-18/h5-8,13-14,22,27H,4,9-12H2,1-3H3/b23-21+. The Morgan fingerprint density at radius 2 is 1.88 bits per heavy atom. The number of hydrogen-bond acceptors (Lipinski definition) is 7. The zero-order valence-electron chi connectivity index (χ0n) is 18.9. The predicted molar refractivity (Wildman–Crippen MR) is 121 cm³/mol. The van der Waals surface area contributed by atoms with Gasteiger partial charge in [-0.2, -0.15) is 0 Å². The molecule has 0 bridgehead atoms. The summed E-state index contributed by atoms with van der Waals surface area (Å²) in [6.07, 6.45) is 1.27. The van der Waals surface area contributed by atoms with Gasteiger partial charge in [0.1, 0.15) is 11.5 Å². The van der Waals surface area contributed by atoms with Crippen LogP contribution >= 0.6 is 0 Å². The van der Waals surface area contributed by atoms with E-state index >= 15 is 0 Å². The molecule has 174 valence electrons. The van der Waals surface area contributed by atoms with Crippen LogP contribution in [0.2, 0.25) is 0 Å². The second-order valence-electron chi connectivity index (χ2n) is 7.87. The van der Waals surface area contributed by atoms with Gasteiger partial charge in [-0.15, -0.1) is 0 Å². The molecule has 2 aromatic rings. The van der Waals surface area contributed by atoms with Gasteiger partial charge in [0.15, 0.2) is 11.5 Å². The molecule has 8 heteroatoms. The van der Waals surface area contributed by atoms with E-state index in [2.05, 4.69) is 0 Å². The lowest BCUT2D eigenvalue weighted by atomic mass is 9.94. The van der Waals surface area contributed by atoms with Crippen LogP contribution in [0.25, 0.3) is 5.76 Å². The Hall–Kier alpha value is -3.52. The molecule has 2 aromatic carbocycles. The number of Topliss-reactive ketones (excluding diaryl/α,β-unsaturated/α-hetero) is 1. The number of likely N-dealkylation sites (tertiary alicyclic amines) is 1. The molecule has 2 aliphatic heterocycles. The fourth-order valence-corrected chi connectivity index (χ4v) is 4.35. The Balaban J connectivity index is 1.83. The second kappa shape index (κ2) is 9.54. The quantitative estimate of drug-likeness (QED) is 0.284. The number of methoxy groups -OCH3 is 3. The Bertz CT molecular complexity index is 1110. The molecular weight excluding hydrogens is 426 g/mol. The van der Waals surface area contributed by atoms with Crippen LogP contribution in [0.4, 0.5) is 0 Å². The minimum atomic E-state index is -0.772. The Kier molecular flexibility index (Phi) is 6.55. The van der Waals surface area contributed by atoms with E-state index in [4.69, 9.17) is 18.9 Å². The third kappa shape index (κ3) is 4.14. The second-order valence-corrected chi connectivity index (χ2v) is 7.87. The molecular formula is C25H27NO7. The summed E-state index contributed by atoms with van der Waals surface area (Å²) in [6, 6.07) is 9.72. The van der Waals surface area contributed by atoms with Crippen molar-refractivity contribution in [1.29, 1.82) is 0 Å². The molecule has 0 spiro atoms. The minimum absolute atomic E-state index is 0.0449. The summed E-state index contributed by atoms with van der Waals surface area (Å²) >= 11 is 0. The molecule has 4 rings (SSSR count). The van der Waals surface area contributed by atoms with Crippen LogP contribution in [0.3, 0.4) is 0 Å². The van der Waals surface area contributed by atoms with Crippen molar-refractivity contribution in [3.8, 4) is 17.2 Å². The molecule has 2 aliphatic rings. The van der Waals surface area contributed by atoms with Gasteiger partial charge in [-0.05, 0) is 47.9 Å². The van der Waals surface area contributed by atoms with Crippen LogP contribution in [0.15, 0.2) is 42.0 Å². The zero-order valence-corrected chi connectivity index (χ0v) is 18.9. The Labute approximate surface area is 192 Å². The number of carbonyl (C=O) groups excluding carboxylic acids is 2. The lowest BCUT2D eigenvalue weighted by Crippen LogP contribution is -2.31. The van der Waals surface area contributed by atoms with Crippen LogP contribution in [-0.2, 0) is 20.7 Å². The summed E-state index contributed by atoms with van der Waals surface area (Å²) in [6.45, 7) is 1.31. The monoisotopic (exact) mass is 453 g/mol. The van der Waals surface area contributed by atoms with Gasteiger partial charge >= 0.3 is 0 Å². The number of fused-ring (bicyclic) bond motifs is 1. The molecule has 0 radical (unpaired) electrons. The summed E-state index contributed by atoms with van der Waals surface area (Å²) in [5, 5.41) is 11.2. The highest BCUT2D eigenvalue weighted by atomic mass is 16.5. The van der Waals surface area contributed by atoms with Crippen molar-refractivity contribution >= 4 is 17.4 Å². The highest BCUT2D eigenvalue weighted by molar-refractivity contribution is 6.46. The van der Waals surface area contributed by atoms with Gasteiger partial charge in [-0.1, -0.05) is 6.07 Å². The van der Waals surface area contributed by atoms with Gasteiger partial charge in [0, 0.05) is 32.2 Å². The Morgan fingerprint density at radius 3 is 2.61 bits per heavy atom. The van der Waals surface area contributed by atoms with Gasteiger partial charge in [0.2, 0.25) is 0 Å². The molecule has 1 amide bonds. The molecule has 1 atom stereocenters. The first-order valence-electron chi connectivity index (χ1n) is 10.8. The lowest BCUT2D eigenvalue weighted by molar-refractivity contribution is -0.140. The van der Waals surface area contributed by atoms with Crippen LogP contribution in [0, 0.1) is 0 Å². The normalized spacial score (nSPS) is 18.9. The highest BCUT2D eigenvalue weighted by Gasteiger charge is 2.46. The van der Waals surface area contributed by atoms with Gasteiger partial charge in [-0.25, -0.2) is 0 Å². The number of aliphatic hydroxyl groups is 1. The summed E-state index contributed by atoms with van der Waals surface area (Å²) < 4.78 is 21.4. The number of rotatable bonds is 8. The fourth-order valence-electron chi connectivity index (χ4n) is 4.35. The molecule has 0 aliphatic carbocycles. The Morgan fingerprint density at radius 1 is 1.09 bits per heavy atom. The first kappa shape index (κ1) is 22.7. The smallest absolute Gasteiger partial charge is 0.295 e. The van der Waals surface area contributed by atoms with Crippen molar-refractivity contribution in [1.82, 2.24) is 4.90 Å². The van der Waals surface area contributed by atoms with Gasteiger partial charge in [0.05, 0.1) is 32.4 Å². The average Bonchev–Trinajstić information content (AvgIpc) is 3.41. The SMILES string of the molecule is COCCCN1C(=O)C(=O)/C(=C(/O)c2ccc3c(c2)CCO3)C1c1ccc(OC)c(OC)c1. The zero-order chi connectivity index (χ0) is 23.5. The molecule has 1 fully saturated rings. The molecule has 33 heavy (non-hydrogen) atoms. The maximum atomic E-state index is 13.1. The van der Waals surface area contributed by atoms with Crippen molar-refractivity contribution < 1.29 is 33.6 Å². The van der Waals surface area contributed by atoms with E-state index in [9.17, 15) is 14.7 Å². The number of benzene rings is 2. The number of nitrogens with zero attached hydrogens (tertiary/aromatic N) is 1. The summed E-state index contributed by atoms with van der Waals surface area (Å²) in [4.78, 5) is 27.6. The van der Waals surface area contributed by atoms with Crippen LogP contribution in [0.5, 0.6) is 17.2 Å². The maximum absolute atomic E-state index is 13.1. The molecule has 1 saturated heterocycles. The lowest BCUT2D eigenvalue weighted by Gasteiger charge is -2.26. The van der Waals surface area contributed by atoms with E-state index in [1.54, 1.807) is 37.4 Å². The van der Waals surface area contributed by atoms with E-state index in [0.717, 1.165) is 17.7 Å². The third-order valence-corrected chi connectivity index (χ3v) is 5.97. The van der Waals surface area contributed by atoms with E-state index < -0.39 is 17.7 Å². The molecule has 8 nitrogen and oxygen atoms in total. The van der Waals surface area contributed by atoms with E-state index in [1.165, 1.54) is 19.1 Å². The van der Waals surface area contributed by atoms with Crippen molar-refractivity contribution in [2.75, 3.05) is 41.1 Å². The largest absolute Gasteiger partial charge is 0.507 e. The van der Waals surface area contributed by atoms with Gasteiger partial charge < -0.3 is 29.0 Å². The maximum Gasteiger partial charge on any atom is 0.295 e. The number of hydrogen-bond donors (Lipinski definition) is 1. The van der Waals surface area contributed by atoms with E-state index in [0.29, 0.717) is 48.8 Å². The van der Waals surface area contributed by atoms with Gasteiger partial charge in [0.25, 0.3) is 11.7 Å². The van der Waals surface area contributed by atoms with E-state index in [1.807, 2.05) is 6.07 Å². The third-order valence-electron chi connectivity index (χ3n) is 5.97. The molecule has 1 unspecified atom stereocenters. The van der Waals surface area contributed by atoms with Crippen molar-refractivity contribution in [3.63, 3.8) is 0 Å². The topological polar surface area (TPSA) is 94.5 Å². The molecule has 1 N–H and O–H groups in total. The predicted octanol–water partition coefficient (Wildman–Crippen LogP) is 3.10. The number of aliphatic hydroxyl groups excluding tert-OH is 1. The van der Waals surface area contributed by atoms with Crippen LogP contribution in [0.1, 0.15) is 29.2 Å². The molecule has 0 saturated carbocycles. The number of ketones is 1. The van der Waals surface area contributed by atoms with Crippen molar-refractivity contribution in [2.45, 2.75) is 18.9 Å². The first-order valence-corrected chi connectivity index (χ1v) is 10.8. The number of carbonyl (C=O) groups is 2. The number of ether oxygens (including phenoxy) is 4. The van der Waals surface area contributed by atoms with Crippen molar-refractivity contribution in [2.24, 2.45) is 0 Å². The summed E-state index contributed by atoms with van der Waals surface area (Å²) in [7, 11) is 4.63. The molecule has 0 aromatic heterocycles. The summed E-state index contributed by atoms with van der Waals surface area (Å²) in [5.41, 5.74) is 2.11.